The van der Waals surface area contributed by atoms with E-state index in [1.807, 2.05) is 22.7 Å². The number of likely N-dealkylation sites (tertiary alicyclic amines) is 1. The number of hydrogen-bond acceptors (Lipinski definition) is 7. The Morgan fingerprint density at radius 1 is 1.24 bits per heavy atom. The molecule has 8 nitrogen and oxygen atoms in total. The van der Waals surface area contributed by atoms with Crippen molar-refractivity contribution in [3.63, 3.8) is 0 Å². The van der Waals surface area contributed by atoms with Crippen LogP contribution in [0, 0.1) is 5.92 Å². The van der Waals surface area contributed by atoms with Crippen molar-refractivity contribution in [2.24, 2.45) is 5.92 Å². The molecule has 2 saturated heterocycles. The lowest BCUT2D eigenvalue weighted by Gasteiger charge is -2.57. The van der Waals surface area contributed by atoms with E-state index < -0.39 is 6.61 Å². The number of ketones is 1. The van der Waals surface area contributed by atoms with Gasteiger partial charge in [0, 0.05) is 37.3 Å². The number of carbonyl (C=O) groups excluding carboxylic acids is 1. The summed E-state index contributed by atoms with van der Waals surface area (Å²) in [4.78, 5) is 19.9. The van der Waals surface area contributed by atoms with Crippen molar-refractivity contribution in [3.05, 3.63) is 42.2 Å². The first-order valence-corrected chi connectivity index (χ1v) is 13.1. The minimum atomic E-state index is -3.07. The monoisotopic (exact) mass is 527 g/mol. The molecule has 2 aliphatic heterocycles. The molecule has 0 amide bonds. The van der Waals surface area contributed by atoms with Gasteiger partial charge in [0.05, 0.1) is 44.4 Å². The number of ether oxygens (including phenoxy) is 4. The molecule has 3 aliphatic rings. The number of carbonyl (C=O) groups is 1. The number of pyridine rings is 1. The van der Waals surface area contributed by atoms with E-state index in [1.165, 1.54) is 19.6 Å². The number of hydrogen-bond donors (Lipinski definition) is 0. The van der Waals surface area contributed by atoms with Crippen molar-refractivity contribution in [1.82, 2.24) is 14.3 Å². The third-order valence-corrected chi connectivity index (χ3v) is 7.83. The molecule has 1 spiro atoms. The van der Waals surface area contributed by atoms with E-state index in [9.17, 15) is 13.6 Å². The van der Waals surface area contributed by atoms with E-state index >= 15 is 0 Å². The summed E-state index contributed by atoms with van der Waals surface area (Å²) < 4.78 is 50.0. The highest BCUT2D eigenvalue weighted by Crippen LogP contribution is 2.41. The van der Waals surface area contributed by atoms with Gasteiger partial charge in [0.2, 0.25) is 0 Å². The van der Waals surface area contributed by atoms with Crippen LogP contribution in [-0.4, -0.2) is 72.2 Å². The van der Waals surface area contributed by atoms with Gasteiger partial charge in [0.15, 0.2) is 5.78 Å². The maximum Gasteiger partial charge on any atom is 0.387 e. The fourth-order valence-corrected chi connectivity index (χ4v) is 5.36. The lowest BCUT2D eigenvalue weighted by molar-refractivity contribution is -0.192. The Balaban J connectivity index is 1.19. The maximum atomic E-state index is 13.3. The molecular formula is C28H31F2N3O5. The molecule has 38 heavy (non-hydrogen) atoms. The van der Waals surface area contributed by atoms with Crippen molar-refractivity contribution in [1.29, 1.82) is 0 Å². The second-order valence-electron chi connectivity index (χ2n) is 10.4. The van der Waals surface area contributed by atoms with Gasteiger partial charge in [-0.05, 0) is 49.8 Å². The highest BCUT2D eigenvalue weighted by molar-refractivity contribution is 6.02. The summed E-state index contributed by atoms with van der Waals surface area (Å²) in [6, 6.07) is 6.82. The molecule has 10 heteroatoms. The highest BCUT2D eigenvalue weighted by atomic mass is 19.3. The Morgan fingerprint density at radius 3 is 2.71 bits per heavy atom. The molecule has 0 bridgehead atoms. The van der Waals surface area contributed by atoms with Gasteiger partial charge in [0.1, 0.15) is 28.5 Å². The molecule has 0 unspecified atom stereocenters. The van der Waals surface area contributed by atoms with Crippen LogP contribution in [0.2, 0.25) is 0 Å². The van der Waals surface area contributed by atoms with Crippen LogP contribution in [0.15, 0.2) is 36.7 Å². The largest absolute Gasteiger partial charge is 0.496 e. The third kappa shape index (κ3) is 4.82. The average Bonchev–Trinajstić information content (AvgIpc) is 3.56. The molecule has 0 atom stereocenters. The fourth-order valence-electron chi connectivity index (χ4n) is 5.36. The normalized spacial score (nSPS) is 18.4. The molecule has 0 radical (unpaired) electrons. The topological polar surface area (TPSA) is 74.5 Å². The second kappa shape index (κ2) is 10.1. The van der Waals surface area contributed by atoms with Gasteiger partial charge >= 0.3 is 6.61 Å². The summed E-state index contributed by atoms with van der Waals surface area (Å²) in [5.74, 6) is 0.770. The van der Waals surface area contributed by atoms with Gasteiger partial charge in [-0.3, -0.25) is 14.1 Å². The zero-order chi connectivity index (χ0) is 26.3. The summed E-state index contributed by atoms with van der Waals surface area (Å²) in [6.45, 7) is 1.32. The molecule has 0 N–H and O–H groups in total. The number of halogens is 2. The van der Waals surface area contributed by atoms with Gasteiger partial charge in [0.25, 0.3) is 0 Å². The molecule has 1 saturated carbocycles. The Morgan fingerprint density at radius 2 is 2.05 bits per heavy atom. The number of nitrogens with zero attached hydrogens (tertiary/aromatic N) is 3. The van der Waals surface area contributed by atoms with E-state index in [1.54, 1.807) is 12.3 Å². The zero-order valence-electron chi connectivity index (χ0n) is 21.3. The van der Waals surface area contributed by atoms with Crippen LogP contribution in [0.4, 0.5) is 8.78 Å². The van der Waals surface area contributed by atoms with Crippen LogP contribution in [0.3, 0.4) is 0 Å². The summed E-state index contributed by atoms with van der Waals surface area (Å²) in [5.41, 5.74) is 2.19. The van der Waals surface area contributed by atoms with Gasteiger partial charge in [-0.15, -0.1) is 0 Å². The van der Waals surface area contributed by atoms with Crippen LogP contribution in [-0.2, 0) is 4.74 Å². The van der Waals surface area contributed by atoms with E-state index in [0.717, 1.165) is 45.6 Å². The predicted octanol–water partition coefficient (Wildman–Crippen LogP) is 4.84. The number of aromatic nitrogens is 2. The molecule has 202 valence electrons. The van der Waals surface area contributed by atoms with Crippen molar-refractivity contribution in [2.45, 2.75) is 44.3 Å². The Labute approximate surface area is 219 Å². The van der Waals surface area contributed by atoms with Crippen LogP contribution in [0.25, 0.3) is 16.9 Å². The molecule has 1 aliphatic carbocycles. The average molecular weight is 528 g/mol. The Hall–Kier alpha value is -3.24. The molecular weight excluding hydrogens is 496 g/mol. The number of benzene rings is 1. The van der Waals surface area contributed by atoms with Gasteiger partial charge < -0.3 is 18.9 Å². The molecule has 1 aromatic carbocycles. The maximum absolute atomic E-state index is 13.3. The smallest absolute Gasteiger partial charge is 0.387 e. The third-order valence-electron chi connectivity index (χ3n) is 7.83. The Kier molecular flexibility index (Phi) is 6.69. The standard InChI is InChI=1S/C28H31F2N3O5/c1-35-23-12-19(13-24(38-27(29)30)26(23)22(34)11-18-3-4-18)21-15-31-25-14-20(5-8-33(21)25)37-10-2-7-32-9-6-28(32)16-36-17-28/h5,8,12-15,18,27H,2-4,6-7,9-11,16-17H2,1H3. The zero-order valence-corrected chi connectivity index (χ0v) is 21.3. The van der Waals surface area contributed by atoms with Crippen molar-refractivity contribution in [2.75, 3.05) is 40.0 Å². The number of alkyl halides is 2. The van der Waals surface area contributed by atoms with Crippen LogP contribution < -0.4 is 14.2 Å². The number of fused-ring (bicyclic) bond motifs is 1. The predicted molar refractivity (Wildman–Crippen MR) is 135 cm³/mol. The molecule has 3 aromatic rings. The number of imidazole rings is 1. The van der Waals surface area contributed by atoms with E-state index in [-0.39, 0.29) is 28.4 Å². The lowest BCUT2D eigenvalue weighted by Crippen LogP contribution is -2.70. The Bertz CT molecular complexity index is 1330. The van der Waals surface area contributed by atoms with E-state index in [0.29, 0.717) is 41.6 Å². The molecule has 6 rings (SSSR count). The minimum absolute atomic E-state index is 0.0574. The summed E-state index contributed by atoms with van der Waals surface area (Å²) in [5, 5.41) is 0. The highest BCUT2D eigenvalue weighted by Gasteiger charge is 2.50. The second-order valence-corrected chi connectivity index (χ2v) is 10.4. The van der Waals surface area contributed by atoms with E-state index in [2.05, 4.69) is 9.88 Å². The van der Waals surface area contributed by atoms with Crippen LogP contribution in [0.1, 0.15) is 42.5 Å². The molecule has 3 fully saturated rings. The number of methoxy groups -OCH3 is 1. The summed E-state index contributed by atoms with van der Waals surface area (Å²) >= 11 is 0. The molecule has 4 heterocycles. The van der Waals surface area contributed by atoms with E-state index in [4.69, 9.17) is 18.9 Å². The lowest BCUT2D eigenvalue weighted by atomic mass is 9.82. The molecule has 2 aromatic heterocycles. The van der Waals surface area contributed by atoms with Crippen molar-refractivity contribution in [3.8, 4) is 28.5 Å². The van der Waals surface area contributed by atoms with Gasteiger partial charge in [-0.25, -0.2) is 4.98 Å². The van der Waals surface area contributed by atoms with Gasteiger partial charge in [-0.1, -0.05) is 0 Å². The SMILES string of the molecule is COc1cc(-c2cnc3cc(OCCCN4CCC45COC5)ccn23)cc(OC(F)F)c1C(=O)CC1CC1. The minimum Gasteiger partial charge on any atom is -0.496 e. The first-order valence-electron chi connectivity index (χ1n) is 13.1. The van der Waals surface area contributed by atoms with Crippen LogP contribution in [0.5, 0.6) is 17.2 Å². The quantitative estimate of drug-likeness (QED) is 0.247. The number of Topliss-reactive ketones (excluding diaryl/α,β-unsaturated/α-hetero) is 1. The van der Waals surface area contributed by atoms with Crippen molar-refractivity contribution < 1.29 is 32.5 Å². The summed E-state index contributed by atoms with van der Waals surface area (Å²) in [6.07, 6.45) is 7.85. The van der Waals surface area contributed by atoms with Crippen LogP contribution >= 0.6 is 0 Å². The fraction of sp³-hybridized carbons (Fsp3) is 0.500. The summed E-state index contributed by atoms with van der Waals surface area (Å²) in [7, 11) is 1.42. The number of rotatable bonds is 12. The first-order chi connectivity index (χ1) is 18.5. The van der Waals surface area contributed by atoms with Crippen molar-refractivity contribution >= 4 is 11.4 Å². The first kappa shape index (κ1) is 25.1. The van der Waals surface area contributed by atoms with Gasteiger partial charge in [-0.2, -0.15) is 8.78 Å².